The number of benzene rings is 2. The Morgan fingerprint density at radius 1 is 1.06 bits per heavy atom. The van der Waals surface area contributed by atoms with Crippen LogP contribution >= 0.6 is 0 Å². The van der Waals surface area contributed by atoms with E-state index in [9.17, 15) is 21.6 Å². The second-order valence-corrected chi connectivity index (χ2v) is 11.8. The molecular formula is C22H29N3O6S2. The van der Waals surface area contributed by atoms with Crippen LogP contribution in [-0.4, -0.2) is 47.2 Å². The van der Waals surface area contributed by atoms with Crippen molar-refractivity contribution in [2.45, 2.75) is 42.4 Å². The Bertz CT molecular complexity index is 1220. The first-order valence-electron chi connectivity index (χ1n) is 10.6. The minimum Gasteiger partial charge on any atom is -0.495 e. The van der Waals surface area contributed by atoms with E-state index in [2.05, 4.69) is 5.32 Å². The number of ether oxygens (including phenoxy) is 1. The SMILES string of the molecule is COc1ccc(NC(=O)C2CCN(S(=O)(=O)c3ccc(C(C)C)cc3)CC2)cc1S(N)(=O)=O. The van der Waals surface area contributed by atoms with Crippen LogP contribution in [0.3, 0.4) is 0 Å². The van der Waals surface area contributed by atoms with E-state index >= 15 is 0 Å². The number of sulfonamides is 2. The highest BCUT2D eigenvalue weighted by Crippen LogP contribution is 2.28. The van der Waals surface area contributed by atoms with Crippen molar-refractivity contribution in [2.75, 3.05) is 25.5 Å². The van der Waals surface area contributed by atoms with Gasteiger partial charge in [-0.05, 0) is 54.7 Å². The third-order valence-corrected chi connectivity index (χ3v) is 8.59. The van der Waals surface area contributed by atoms with Gasteiger partial charge in [-0.2, -0.15) is 4.31 Å². The number of amides is 1. The van der Waals surface area contributed by atoms with Crippen LogP contribution in [0.2, 0.25) is 0 Å². The molecule has 3 rings (SSSR count). The summed E-state index contributed by atoms with van der Waals surface area (Å²) in [7, 11) is -6.35. The summed E-state index contributed by atoms with van der Waals surface area (Å²) in [6.07, 6.45) is 0.709. The van der Waals surface area contributed by atoms with E-state index < -0.39 is 26.0 Å². The van der Waals surface area contributed by atoms with Crippen LogP contribution in [0.5, 0.6) is 5.75 Å². The van der Waals surface area contributed by atoms with E-state index in [1.807, 2.05) is 26.0 Å². The molecule has 1 amide bonds. The van der Waals surface area contributed by atoms with Crippen LogP contribution < -0.4 is 15.2 Å². The second-order valence-electron chi connectivity index (χ2n) is 8.30. The predicted molar refractivity (Wildman–Crippen MR) is 125 cm³/mol. The number of anilines is 1. The molecule has 1 heterocycles. The zero-order valence-corrected chi connectivity index (χ0v) is 20.4. The van der Waals surface area contributed by atoms with Crippen molar-refractivity contribution < 1.29 is 26.4 Å². The first-order chi connectivity index (χ1) is 15.4. The first-order valence-corrected chi connectivity index (χ1v) is 13.5. The number of carbonyl (C=O) groups excluding carboxylic acids is 1. The van der Waals surface area contributed by atoms with Gasteiger partial charge in [0.15, 0.2) is 0 Å². The van der Waals surface area contributed by atoms with Crippen molar-refractivity contribution in [3.05, 3.63) is 48.0 Å². The van der Waals surface area contributed by atoms with E-state index in [1.165, 1.54) is 29.6 Å². The van der Waals surface area contributed by atoms with Gasteiger partial charge in [0.05, 0.1) is 12.0 Å². The summed E-state index contributed by atoms with van der Waals surface area (Å²) in [6.45, 7) is 4.52. The number of nitrogens with two attached hydrogens (primary N) is 1. The highest BCUT2D eigenvalue weighted by molar-refractivity contribution is 7.89. The standard InChI is InChI=1S/C22H29N3O6S2/c1-15(2)16-4-7-19(8-5-16)33(29,30)25-12-10-17(11-13-25)22(26)24-18-6-9-20(31-3)21(14-18)32(23,27)28/h4-9,14-15,17H,10-13H2,1-3H3,(H,24,26)(H2,23,27,28). The van der Waals surface area contributed by atoms with Crippen molar-refractivity contribution in [1.82, 2.24) is 4.31 Å². The van der Waals surface area contributed by atoms with Crippen molar-refractivity contribution in [2.24, 2.45) is 11.1 Å². The number of methoxy groups -OCH3 is 1. The van der Waals surface area contributed by atoms with E-state index in [0.29, 0.717) is 18.8 Å². The number of piperidine rings is 1. The molecule has 11 heteroatoms. The van der Waals surface area contributed by atoms with Gasteiger partial charge in [-0.1, -0.05) is 26.0 Å². The van der Waals surface area contributed by atoms with E-state index in [1.54, 1.807) is 12.1 Å². The van der Waals surface area contributed by atoms with Crippen molar-refractivity contribution in [3.8, 4) is 5.75 Å². The maximum Gasteiger partial charge on any atom is 0.243 e. The normalized spacial score (nSPS) is 16.0. The highest BCUT2D eigenvalue weighted by atomic mass is 32.2. The third-order valence-electron chi connectivity index (χ3n) is 5.75. The topological polar surface area (TPSA) is 136 Å². The first kappa shape index (κ1) is 25.2. The Morgan fingerprint density at radius 3 is 2.18 bits per heavy atom. The molecule has 0 saturated carbocycles. The Kier molecular flexibility index (Phi) is 7.47. The molecule has 2 aromatic rings. The third kappa shape index (κ3) is 5.72. The Labute approximate surface area is 195 Å². The monoisotopic (exact) mass is 495 g/mol. The number of nitrogens with zero attached hydrogens (tertiary/aromatic N) is 1. The predicted octanol–water partition coefficient (Wildman–Crippen LogP) is 2.51. The highest BCUT2D eigenvalue weighted by Gasteiger charge is 2.32. The fourth-order valence-corrected chi connectivity index (χ4v) is 5.95. The Balaban J connectivity index is 1.65. The second kappa shape index (κ2) is 9.80. The minimum absolute atomic E-state index is 0.0791. The van der Waals surface area contributed by atoms with Crippen LogP contribution in [0, 0.1) is 5.92 Å². The Morgan fingerprint density at radius 2 is 1.67 bits per heavy atom. The zero-order valence-electron chi connectivity index (χ0n) is 18.8. The molecule has 1 aliphatic rings. The van der Waals surface area contributed by atoms with E-state index in [-0.39, 0.29) is 40.2 Å². The molecule has 3 N–H and O–H groups in total. The van der Waals surface area contributed by atoms with Gasteiger partial charge in [-0.3, -0.25) is 4.79 Å². The molecule has 1 aliphatic heterocycles. The average Bonchev–Trinajstić information content (AvgIpc) is 2.78. The summed E-state index contributed by atoms with van der Waals surface area (Å²) in [4.78, 5) is 12.7. The van der Waals surface area contributed by atoms with Crippen molar-refractivity contribution in [1.29, 1.82) is 0 Å². The molecule has 0 bridgehead atoms. The van der Waals surface area contributed by atoms with Gasteiger partial charge in [0.1, 0.15) is 10.6 Å². The van der Waals surface area contributed by atoms with Crippen molar-refractivity contribution >= 4 is 31.6 Å². The summed E-state index contributed by atoms with van der Waals surface area (Å²) in [5, 5.41) is 7.91. The Hall–Kier alpha value is -2.47. The molecule has 33 heavy (non-hydrogen) atoms. The molecule has 9 nitrogen and oxygen atoms in total. The number of nitrogens with one attached hydrogen (secondary N) is 1. The summed E-state index contributed by atoms with van der Waals surface area (Å²) in [5.74, 6) is -0.322. The molecule has 0 radical (unpaired) electrons. The summed E-state index contributed by atoms with van der Waals surface area (Å²) in [5.41, 5.74) is 1.33. The van der Waals surface area contributed by atoms with Gasteiger partial charge in [0, 0.05) is 24.7 Å². The quantitative estimate of drug-likeness (QED) is 0.606. The maximum absolute atomic E-state index is 13.0. The van der Waals surface area contributed by atoms with Gasteiger partial charge < -0.3 is 10.1 Å². The lowest BCUT2D eigenvalue weighted by Crippen LogP contribution is -2.41. The van der Waals surface area contributed by atoms with Gasteiger partial charge in [-0.15, -0.1) is 0 Å². The fraction of sp³-hybridized carbons (Fsp3) is 0.409. The van der Waals surface area contributed by atoms with Crippen LogP contribution in [0.25, 0.3) is 0 Å². The lowest BCUT2D eigenvalue weighted by Gasteiger charge is -2.30. The van der Waals surface area contributed by atoms with Crippen LogP contribution in [0.15, 0.2) is 52.3 Å². The molecule has 180 valence electrons. The molecule has 2 aromatic carbocycles. The van der Waals surface area contributed by atoms with Gasteiger partial charge in [0.25, 0.3) is 0 Å². The van der Waals surface area contributed by atoms with Crippen LogP contribution in [0.4, 0.5) is 5.69 Å². The number of carbonyl (C=O) groups is 1. The maximum atomic E-state index is 13.0. The largest absolute Gasteiger partial charge is 0.495 e. The molecule has 1 fully saturated rings. The molecule has 0 unspecified atom stereocenters. The lowest BCUT2D eigenvalue weighted by molar-refractivity contribution is -0.120. The molecule has 0 aromatic heterocycles. The summed E-state index contributed by atoms with van der Waals surface area (Å²) < 4.78 is 55.9. The number of hydrogen-bond acceptors (Lipinski definition) is 6. The molecular weight excluding hydrogens is 466 g/mol. The van der Waals surface area contributed by atoms with E-state index in [4.69, 9.17) is 9.88 Å². The van der Waals surface area contributed by atoms with Crippen LogP contribution in [0.1, 0.15) is 38.2 Å². The van der Waals surface area contributed by atoms with Crippen molar-refractivity contribution in [3.63, 3.8) is 0 Å². The summed E-state index contributed by atoms with van der Waals surface area (Å²) >= 11 is 0. The fourth-order valence-electron chi connectivity index (χ4n) is 3.75. The zero-order chi connectivity index (χ0) is 24.4. The van der Waals surface area contributed by atoms with Gasteiger partial charge in [0.2, 0.25) is 26.0 Å². The smallest absolute Gasteiger partial charge is 0.243 e. The molecule has 1 saturated heterocycles. The van der Waals surface area contributed by atoms with Crippen LogP contribution in [-0.2, 0) is 24.8 Å². The lowest BCUT2D eigenvalue weighted by atomic mass is 9.97. The average molecular weight is 496 g/mol. The number of primary sulfonamides is 1. The number of hydrogen-bond donors (Lipinski definition) is 2. The molecule has 0 aliphatic carbocycles. The minimum atomic E-state index is -4.04. The van der Waals surface area contributed by atoms with Gasteiger partial charge >= 0.3 is 0 Å². The summed E-state index contributed by atoms with van der Waals surface area (Å²) in [6, 6.07) is 11.1. The van der Waals surface area contributed by atoms with Gasteiger partial charge in [-0.25, -0.2) is 22.0 Å². The number of rotatable bonds is 7. The van der Waals surface area contributed by atoms with E-state index in [0.717, 1.165) is 5.56 Å². The molecule has 0 spiro atoms. The molecule has 0 atom stereocenters.